The smallest absolute Gasteiger partial charge is 0.378 e. The minimum absolute atomic E-state index is 0.301. The Kier molecular flexibility index (Phi) is 8.54. The van der Waals surface area contributed by atoms with E-state index in [0.29, 0.717) is 30.3 Å². The lowest BCUT2D eigenvalue weighted by atomic mass is 9.79. The molecule has 0 spiro atoms. The molecule has 0 heterocycles. The minimum Gasteiger partial charge on any atom is -0.378 e. The van der Waals surface area contributed by atoms with Crippen LogP contribution in [0.5, 0.6) is 0 Å². The van der Waals surface area contributed by atoms with Crippen molar-refractivity contribution in [1.82, 2.24) is 0 Å². The maximum Gasteiger partial charge on any atom is 0.416 e. The molecule has 1 aromatic carbocycles. The minimum atomic E-state index is -4.28. The highest BCUT2D eigenvalue weighted by atomic mass is 19.4. The van der Waals surface area contributed by atoms with E-state index in [1.54, 1.807) is 12.1 Å². The summed E-state index contributed by atoms with van der Waals surface area (Å²) < 4.78 is 57.2. The van der Waals surface area contributed by atoms with Crippen molar-refractivity contribution in [2.45, 2.75) is 82.4 Å². The molecule has 2 fully saturated rings. The van der Waals surface area contributed by atoms with Crippen LogP contribution in [0.15, 0.2) is 36.2 Å². The van der Waals surface area contributed by atoms with Crippen LogP contribution in [0.3, 0.4) is 0 Å². The van der Waals surface area contributed by atoms with Crippen LogP contribution >= 0.6 is 0 Å². The second-order valence-electron chi connectivity index (χ2n) is 9.05. The Hall–Kier alpha value is -1.87. The van der Waals surface area contributed by atoms with Gasteiger partial charge >= 0.3 is 6.18 Å². The van der Waals surface area contributed by atoms with Crippen molar-refractivity contribution in [2.24, 2.45) is 11.8 Å². The molecular weight excluding hydrogens is 406 g/mol. The van der Waals surface area contributed by atoms with Crippen molar-refractivity contribution >= 4 is 0 Å². The Morgan fingerprint density at radius 2 is 1.58 bits per heavy atom. The molecule has 0 radical (unpaired) electrons. The van der Waals surface area contributed by atoms with E-state index in [2.05, 4.69) is 0 Å². The van der Waals surface area contributed by atoms with Crippen molar-refractivity contribution in [3.05, 3.63) is 47.3 Å². The molecule has 0 N–H and O–H groups in total. The van der Waals surface area contributed by atoms with Gasteiger partial charge in [-0.3, -0.25) is 0 Å². The van der Waals surface area contributed by atoms with E-state index in [1.807, 2.05) is 0 Å². The van der Waals surface area contributed by atoms with Gasteiger partial charge in [-0.1, -0.05) is 12.1 Å². The molecule has 0 amide bonds. The van der Waals surface area contributed by atoms with Crippen LogP contribution in [0.4, 0.5) is 17.6 Å². The summed E-state index contributed by atoms with van der Waals surface area (Å²) in [6.45, 7) is 0.769. The zero-order valence-corrected chi connectivity index (χ0v) is 17.8. The molecule has 0 atom stereocenters. The molecule has 0 saturated heterocycles. The van der Waals surface area contributed by atoms with Gasteiger partial charge in [0.1, 0.15) is 6.07 Å². The van der Waals surface area contributed by atoms with Gasteiger partial charge in [0.25, 0.3) is 0 Å². The first-order valence-electron chi connectivity index (χ1n) is 11.4. The van der Waals surface area contributed by atoms with Crippen molar-refractivity contribution in [3.63, 3.8) is 0 Å². The number of halogens is 4. The monoisotopic (exact) mass is 437 g/mol. The Morgan fingerprint density at radius 3 is 2.16 bits per heavy atom. The lowest BCUT2D eigenvalue weighted by molar-refractivity contribution is -0.137. The van der Waals surface area contributed by atoms with Crippen molar-refractivity contribution < 1.29 is 22.3 Å². The normalized spacial score (nSPS) is 27.6. The van der Waals surface area contributed by atoms with E-state index in [1.165, 1.54) is 24.3 Å². The quantitative estimate of drug-likeness (QED) is 0.323. The molecule has 2 nitrogen and oxygen atoms in total. The molecule has 31 heavy (non-hydrogen) atoms. The number of alkyl halides is 3. The third-order valence-electron chi connectivity index (χ3n) is 6.92. The Bertz CT molecular complexity index is 749. The summed E-state index contributed by atoms with van der Waals surface area (Å²) in [5.41, 5.74) is 0.425. The van der Waals surface area contributed by atoms with Crippen molar-refractivity contribution in [2.75, 3.05) is 6.61 Å². The number of nitrogens with zero attached hydrogens (tertiary/aromatic N) is 1. The molecule has 1 aromatic rings. The SMILES string of the molecule is N#C/C(F)=C/CCC1CCC(OCC2CCC(c3ccc(C(F)(F)F)cc3)CC2)CC1. The number of nitriles is 1. The number of ether oxygens (including phenoxy) is 1. The topological polar surface area (TPSA) is 33.0 Å². The molecule has 3 rings (SSSR count). The van der Waals surface area contributed by atoms with Crippen LogP contribution < -0.4 is 0 Å². The van der Waals surface area contributed by atoms with Gasteiger partial charge in [0, 0.05) is 6.61 Å². The lowest BCUT2D eigenvalue weighted by Crippen LogP contribution is -2.25. The Morgan fingerprint density at radius 1 is 0.968 bits per heavy atom. The van der Waals surface area contributed by atoms with Gasteiger partial charge in [-0.25, -0.2) is 0 Å². The van der Waals surface area contributed by atoms with E-state index in [0.717, 1.165) is 70.0 Å². The predicted molar refractivity (Wildman–Crippen MR) is 112 cm³/mol. The van der Waals surface area contributed by atoms with E-state index in [4.69, 9.17) is 10.00 Å². The first-order chi connectivity index (χ1) is 14.8. The zero-order chi connectivity index (χ0) is 22.3. The van der Waals surface area contributed by atoms with E-state index in [9.17, 15) is 17.6 Å². The number of rotatable bonds is 7. The highest BCUT2D eigenvalue weighted by molar-refractivity contribution is 5.27. The maximum atomic E-state index is 12.8. The van der Waals surface area contributed by atoms with Crippen LogP contribution in [0.25, 0.3) is 0 Å². The summed E-state index contributed by atoms with van der Waals surface area (Å²) in [6, 6.07) is 7.16. The number of benzene rings is 1. The molecule has 2 saturated carbocycles. The summed E-state index contributed by atoms with van der Waals surface area (Å²) in [4.78, 5) is 0. The summed E-state index contributed by atoms with van der Waals surface area (Å²) in [5.74, 6) is 0.767. The van der Waals surface area contributed by atoms with E-state index >= 15 is 0 Å². The number of allylic oxidation sites excluding steroid dienone is 2. The van der Waals surface area contributed by atoms with Gasteiger partial charge < -0.3 is 4.74 Å². The van der Waals surface area contributed by atoms with Crippen LogP contribution in [-0.2, 0) is 10.9 Å². The highest BCUT2D eigenvalue weighted by Crippen LogP contribution is 2.38. The molecule has 0 aromatic heterocycles. The molecule has 0 aliphatic heterocycles. The predicted octanol–water partition coefficient (Wildman–Crippen LogP) is 7.71. The first-order valence-corrected chi connectivity index (χ1v) is 11.4. The number of hydrogen-bond acceptors (Lipinski definition) is 2. The van der Waals surface area contributed by atoms with Gasteiger partial charge in [0.2, 0.25) is 0 Å². The van der Waals surface area contributed by atoms with Gasteiger partial charge in [-0.2, -0.15) is 22.8 Å². The molecule has 0 bridgehead atoms. The molecule has 2 aliphatic rings. The van der Waals surface area contributed by atoms with Gasteiger partial charge in [-0.05, 0) is 106 Å². The summed E-state index contributed by atoms with van der Waals surface area (Å²) in [5, 5.41) is 8.43. The summed E-state index contributed by atoms with van der Waals surface area (Å²) in [7, 11) is 0. The molecular formula is C25H31F4NO. The van der Waals surface area contributed by atoms with Gasteiger partial charge in [0.05, 0.1) is 11.7 Å². The fourth-order valence-corrected chi connectivity index (χ4v) is 4.96. The van der Waals surface area contributed by atoms with Crippen molar-refractivity contribution in [3.8, 4) is 6.07 Å². The summed E-state index contributed by atoms with van der Waals surface area (Å²) >= 11 is 0. The van der Waals surface area contributed by atoms with Crippen LogP contribution in [0.1, 0.15) is 81.3 Å². The fourth-order valence-electron chi connectivity index (χ4n) is 4.96. The van der Waals surface area contributed by atoms with E-state index in [-0.39, 0.29) is 0 Å². The Balaban J connectivity index is 1.33. The third-order valence-corrected chi connectivity index (χ3v) is 6.92. The molecule has 170 valence electrons. The second-order valence-corrected chi connectivity index (χ2v) is 9.05. The fraction of sp³-hybridized carbons (Fsp3) is 0.640. The van der Waals surface area contributed by atoms with Crippen molar-refractivity contribution in [1.29, 1.82) is 5.26 Å². The maximum absolute atomic E-state index is 12.8. The lowest BCUT2D eigenvalue weighted by Gasteiger charge is -2.32. The average Bonchev–Trinajstić information content (AvgIpc) is 2.78. The highest BCUT2D eigenvalue weighted by Gasteiger charge is 2.31. The van der Waals surface area contributed by atoms with E-state index < -0.39 is 17.6 Å². The molecule has 6 heteroatoms. The molecule has 0 unspecified atom stereocenters. The van der Waals surface area contributed by atoms with Crippen LogP contribution in [0.2, 0.25) is 0 Å². The standard InChI is InChI=1S/C25H31F4NO/c26-23(16-30)3-1-2-18-6-14-24(15-7-18)31-17-19-4-8-20(9-5-19)21-10-12-22(13-11-21)25(27,28)29/h3,10-13,18-20,24H,1-2,4-9,14-15,17H2/b23-3-. The zero-order valence-electron chi connectivity index (χ0n) is 17.8. The largest absolute Gasteiger partial charge is 0.416 e. The van der Waals surface area contributed by atoms with Gasteiger partial charge in [-0.15, -0.1) is 0 Å². The van der Waals surface area contributed by atoms with Crippen LogP contribution in [-0.4, -0.2) is 12.7 Å². The second kappa shape index (κ2) is 11.1. The van der Waals surface area contributed by atoms with Gasteiger partial charge in [0.15, 0.2) is 5.83 Å². The summed E-state index contributed by atoms with van der Waals surface area (Å²) in [6.07, 6.45) is 7.31. The Labute approximate surface area is 182 Å². The molecule has 2 aliphatic carbocycles. The third kappa shape index (κ3) is 7.35. The average molecular weight is 438 g/mol. The first kappa shape index (κ1) is 23.8. The number of hydrogen-bond donors (Lipinski definition) is 0. The van der Waals surface area contributed by atoms with Crippen LogP contribution in [0, 0.1) is 23.2 Å².